The summed E-state index contributed by atoms with van der Waals surface area (Å²) < 4.78 is 29.9. The molecule has 1 aliphatic rings. The van der Waals surface area contributed by atoms with E-state index >= 15 is 0 Å². The number of benzene rings is 2. The normalized spacial score (nSPS) is 16.5. The lowest BCUT2D eigenvalue weighted by atomic mass is 10.2. The van der Waals surface area contributed by atoms with E-state index in [1.54, 1.807) is 42.4 Å². The van der Waals surface area contributed by atoms with E-state index < -0.39 is 10.0 Å². The van der Waals surface area contributed by atoms with Gasteiger partial charge in [0.25, 0.3) is 10.0 Å². The van der Waals surface area contributed by atoms with Gasteiger partial charge in [0.2, 0.25) is 0 Å². The molecule has 6 heteroatoms. The second-order valence-electron chi connectivity index (χ2n) is 7.04. The first-order valence-electron chi connectivity index (χ1n) is 9.41. The number of rotatable bonds is 4. The Kier molecular flexibility index (Phi) is 5.30. The zero-order valence-corrected chi connectivity index (χ0v) is 17.1. The van der Waals surface area contributed by atoms with Gasteiger partial charge in [-0.25, -0.2) is 16.7 Å². The molecular formula is C21H24N2O2S2. The maximum Gasteiger partial charge on any atom is 0.268 e. The number of aryl methyl sites for hydroxylation is 1. The van der Waals surface area contributed by atoms with Crippen LogP contribution in [0.2, 0.25) is 0 Å². The summed E-state index contributed by atoms with van der Waals surface area (Å²) >= 11 is 1.79. The molecule has 4 nitrogen and oxygen atoms in total. The highest BCUT2D eigenvalue weighted by atomic mass is 32.2. The molecule has 0 aliphatic carbocycles. The third-order valence-corrected chi connectivity index (χ3v) is 7.82. The van der Waals surface area contributed by atoms with Crippen molar-refractivity contribution in [2.45, 2.75) is 42.4 Å². The molecule has 0 unspecified atom stereocenters. The van der Waals surface area contributed by atoms with Crippen LogP contribution in [0.4, 0.5) is 0 Å². The van der Waals surface area contributed by atoms with Crippen molar-refractivity contribution in [3.63, 3.8) is 0 Å². The van der Waals surface area contributed by atoms with E-state index in [4.69, 9.17) is 0 Å². The third kappa shape index (κ3) is 3.79. The molecule has 2 aromatic carbocycles. The second kappa shape index (κ2) is 7.70. The van der Waals surface area contributed by atoms with Crippen LogP contribution < -0.4 is 0 Å². The lowest BCUT2D eigenvalue weighted by Gasteiger charge is -2.18. The van der Waals surface area contributed by atoms with Gasteiger partial charge < -0.3 is 0 Å². The summed E-state index contributed by atoms with van der Waals surface area (Å²) in [4.78, 5) is 1.48. The quantitative estimate of drug-likeness (QED) is 0.574. The van der Waals surface area contributed by atoms with Crippen LogP contribution in [0.3, 0.4) is 0 Å². The molecule has 0 N–H and O–H groups in total. The summed E-state index contributed by atoms with van der Waals surface area (Å²) in [6, 6.07) is 14.7. The van der Waals surface area contributed by atoms with E-state index in [0.717, 1.165) is 29.6 Å². The summed E-state index contributed by atoms with van der Waals surface area (Å²) in [6.07, 6.45) is 6.86. The molecule has 0 atom stereocenters. The molecule has 0 amide bonds. The smallest absolute Gasteiger partial charge is 0.246 e. The maximum absolute atomic E-state index is 13.1. The Balaban J connectivity index is 1.69. The van der Waals surface area contributed by atoms with E-state index in [1.807, 2.05) is 25.1 Å². The van der Waals surface area contributed by atoms with Gasteiger partial charge in [-0.05, 0) is 67.6 Å². The van der Waals surface area contributed by atoms with Gasteiger partial charge in [0.1, 0.15) is 0 Å². The summed E-state index contributed by atoms with van der Waals surface area (Å²) in [7, 11) is -3.59. The maximum atomic E-state index is 13.1. The van der Waals surface area contributed by atoms with Gasteiger partial charge in [0.15, 0.2) is 0 Å². The van der Waals surface area contributed by atoms with Crippen molar-refractivity contribution in [3.05, 3.63) is 60.3 Å². The summed E-state index contributed by atoms with van der Waals surface area (Å²) in [5.74, 6) is 0. The van der Waals surface area contributed by atoms with Gasteiger partial charge in [-0.2, -0.15) is 0 Å². The van der Waals surface area contributed by atoms with Crippen molar-refractivity contribution < 1.29 is 8.42 Å². The average Bonchev–Trinajstić information content (AvgIpc) is 2.84. The predicted molar refractivity (Wildman–Crippen MR) is 112 cm³/mol. The lowest BCUT2D eigenvalue weighted by molar-refractivity contribution is 0.489. The third-order valence-electron chi connectivity index (χ3n) is 5.04. The Labute approximate surface area is 165 Å². The zero-order valence-electron chi connectivity index (χ0n) is 15.5. The average molecular weight is 401 g/mol. The van der Waals surface area contributed by atoms with E-state index in [0.29, 0.717) is 4.90 Å². The topological polar surface area (TPSA) is 42.3 Å². The van der Waals surface area contributed by atoms with Crippen molar-refractivity contribution in [2.75, 3.05) is 13.1 Å². The highest BCUT2D eigenvalue weighted by Crippen LogP contribution is 2.32. The summed E-state index contributed by atoms with van der Waals surface area (Å²) in [6.45, 7) is 4.20. The van der Waals surface area contributed by atoms with Crippen molar-refractivity contribution in [2.24, 2.45) is 0 Å². The molecule has 2 heterocycles. The molecule has 0 radical (unpaired) electrons. The minimum absolute atomic E-state index is 0.310. The second-order valence-corrected chi connectivity index (χ2v) is 10.0. The Morgan fingerprint density at radius 2 is 1.63 bits per heavy atom. The molecule has 27 heavy (non-hydrogen) atoms. The van der Waals surface area contributed by atoms with Crippen LogP contribution in [-0.2, 0) is 10.0 Å². The van der Waals surface area contributed by atoms with E-state index in [9.17, 15) is 8.42 Å². The van der Waals surface area contributed by atoms with E-state index in [-0.39, 0.29) is 0 Å². The van der Waals surface area contributed by atoms with Gasteiger partial charge in [0.05, 0.1) is 10.4 Å². The van der Waals surface area contributed by atoms with Crippen LogP contribution in [0.25, 0.3) is 10.9 Å². The van der Waals surface area contributed by atoms with Crippen LogP contribution in [0.15, 0.2) is 64.5 Å². The fourth-order valence-corrected chi connectivity index (χ4v) is 6.06. The lowest BCUT2D eigenvalue weighted by Crippen LogP contribution is -2.15. The molecular weight excluding hydrogens is 376 g/mol. The Bertz CT molecular complexity index is 1030. The zero-order chi connectivity index (χ0) is 18.9. The minimum Gasteiger partial charge on any atom is -0.246 e. The molecule has 1 fully saturated rings. The molecule has 1 aromatic heterocycles. The first-order chi connectivity index (χ1) is 13.1. The van der Waals surface area contributed by atoms with Crippen LogP contribution in [0.5, 0.6) is 0 Å². The summed E-state index contributed by atoms with van der Waals surface area (Å²) in [5.41, 5.74) is 1.71. The van der Waals surface area contributed by atoms with Gasteiger partial charge in [-0.3, -0.25) is 0 Å². The van der Waals surface area contributed by atoms with Crippen molar-refractivity contribution in [3.8, 4) is 0 Å². The SMILES string of the molecule is Cc1cn(S(=O)(=O)c2ccccc2)c2ccc(SN3CCCCCC3)cc12. The van der Waals surface area contributed by atoms with Gasteiger partial charge in [-0.1, -0.05) is 31.0 Å². The summed E-state index contributed by atoms with van der Waals surface area (Å²) in [5, 5.41) is 0.995. The first kappa shape index (κ1) is 18.6. The number of hydrogen-bond acceptors (Lipinski definition) is 4. The molecule has 0 saturated carbocycles. The molecule has 4 rings (SSSR count). The molecule has 142 valence electrons. The van der Waals surface area contributed by atoms with Gasteiger partial charge in [0, 0.05) is 29.6 Å². The van der Waals surface area contributed by atoms with E-state index in [2.05, 4.69) is 10.4 Å². The fraction of sp³-hybridized carbons (Fsp3) is 0.333. The molecule has 1 saturated heterocycles. The largest absolute Gasteiger partial charge is 0.268 e. The monoisotopic (exact) mass is 400 g/mol. The molecule has 3 aromatic rings. The highest BCUT2D eigenvalue weighted by molar-refractivity contribution is 7.97. The standard InChI is InChI=1S/C21H24N2O2S2/c1-17-16-23(27(24,25)19-9-5-4-6-10-19)21-12-11-18(15-20(17)21)26-22-13-7-2-3-8-14-22/h4-6,9-12,15-16H,2-3,7-8,13-14H2,1H3. The van der Waals surface area contributed by atoms with Crippen molar-refractivity contribution >= 4 is 32.9 Å². The van der Waals surface area contributed by atoms with Crippen molar-refractivity contribution in [1.82, 2.24) is 8.28 Å². The van der Waals surface area contributed by atoms with E-state index in [1.165, 1.54) is 34.6 Å². The van der Waals surface area contributed by atoms with Gasteiger partial charge in [-0.15, -0.1) is 0 Å². The Morgan fingerprint density at radius 3 is 2.33 bits per heavy atom. The van der Waals surface area contributed by atoms with Crippen molar-refractivity contribution in [1.29, 1.82) is 0 Å². The molecule has 1 aliphatic heterocycles. The predicted octanol–water partition coefficient (Wildman–Crippen LogP) is 5.07. The van der Waals surface area contributed by atoms with Gasteiger partial charge >= 0.3 is 0 Å². The van der Waals surface area contributed by atoms with Crippen LogP contribution >= 0.6 is 11.9 Å². The Hall–Kier alpha value is -1.76. The highest BCUT2D eigenvalue weighted by Gasteiger charge is 2.20. The molecule has 0 bridgehead atoms. The first-order valence-corrected chi connectivity index (χ1v) is 11.6. The molecule has 0 spiro atoms. The van der Waals surface area contributed by atoms with Crippen LogP contribution in [-0.4, -0.2) is 29.8 Å². The van der Waals surface area contributed by atoms with Crippen LogP contribution in [0, 0.1) is 6.92 Å². The number of aromatic nitrogens is 1. The Morgan fingerprint density at radius 1 is 0.926 bits per heavy atom. The number of fused-ring (bicyclic) bond motifs is 1. The minimum atomic E-state index is -3.59. The number of hydrogen-bond donors (Lipinski definition) is 0. The van der Waals surface area contributed by atoms with Crippen LogP contribution in [0.1, 0.15) is 31.2 Å². The fourth-order valence-electron chi connectivity index (χ4n) is 3.58. The number of nitrogens with zero attached hydrogens (tertiary/aromatic N) is 2.